The lowest BCUT2D eigenvalue weighted by molar-refractivity contribution is -0.167. The number of anilines is 1. The quantitative estimate of drug-likeness (QED) is 0.0529. The van der Waals surface area contributed by atoms with Crippen molar-refractivity contribution in [1.29, 1.82) is 0 Å². The number of rotatable bonds is 13. The number of β-lactam (4-membered cyclic amide) rings is 1. The highest BCUT2D eigenvalue weighted by Crippen LogP contribution is 2.44. The van der Waals surface area contributed by atoms with Crippen molar-refractivity contribution in [3.05, 3.63) is 11.1 Å². The smallest absolute Gasteiger partial charge is 0.471 e. The van der Waals surface area contributed by atoms with Crippen molar-refractivity contribution in [3.63, 3.8) is 0 Å². The van der Waals surface area contributed by atoms with Crippen molar-refractivity contribution in [1.82, 2.24) is 35.4 Å². The van der Waals surface area contributed by atoms with Gasteiger partial charge < -0.3 is 25.3 Å². The minimum Gasteiger partial charge on any atom is -0.481 e. The van der Waals surface area contributed by atoms with Gasteiger partial charge in [0.2, 0.25) is 11.1 Å². The number of oxime groups is 1. The number of nitrogens with zero attached hydrogens (tertiary/aromatic N) is 7. The molecule has 2 aliphatic rings. The maximum absolute atomic E-state index is 13.1. The maximum Gasteiger partial charge on any atom is 0.471 e. The third kappa shape index (κ3) is 7.63. The van der Waals surface area contributed by atoms with Crippen LogP contribution in [-0.2, 0) is 35.4 Å². The van der Waals surface area contributed by atoms with Gasteiger partial charge in [-0.15, -0.1) is 34.6 Å². The summed E-state index contributed by atoms with van der Waals surface area (Å²) in [5.41, 5.74) is -2.26. The van der Waals surface area contributed by atoms with Crippen molar-refractivity contribution in [2.45, 2.75) is 35.7 Å². The van der Waals surface area contributed by atoms with Crippen molar-refractivity contribution in [2.75, 3.05) is 30.0 Å². The number of aryl methyl sites for hydroxylation is 1. The van der Waals surface area contributed by atoms with Gasteiger partial charge >= 0.3 is 24.0 Å². The second-order valence-electron chi connectivity index (χ2n) is 9.23. The van der Waals surface area contributed by atoms with E-state index in [2.05, 4.69) is 36.9 Å². The molecule has 0 aromatic carbocycles. The molecule has 0 bridgehead atoms. The summed E-state index contributed by atoms with van der Waals surface area (Å²) in [4.78, 5) is 70.6. The average molecular weight is 692 g/mol. The zero-order valence-electron chi connectivity index (χ0n) is 22.4. The number of carbonyl (C=O) groups excluding carboxylic acids is 3. The number of carboxylic acids is 2. The van der Waals surface area contributed by atoms with Crippen LogP contribution in [0.1, 0.15) is 12.1 Å². The highest BCUT2D eigenvalue weighted by molar-refractivity contribution is 8.00. The first kappa shape index (κ1) is 33.5. The Kier molecular flexibility index (Phi) is 10.2. The summed E-state index contributed by atoms with van der Waals surface area (Å²) in [7, 11) is 0. The fraction of sp³-hybridized carbons (Fsp3) is 0.455. The number of aromatic nitrogens is 5. The Morgan fingerprint density at radius 1 is 1.31 bits per heavy atom. The first-order valence-corrected chi connectivity index (χ1v) is 15.2. The SMILES string of the molecule is C#CCON=C(C(=O)NC1C(=O)N2CC(CSc3nnnn3CCC(=O)O)(C(=O)O)CS[C@H]12)c1csc(NC(=O)C(F)(F)F)n1. The lowest BCUT2D eigenvalue weighted by Gasteiger charge is -2.53. The molecule has 2 aromatic rings. The molecule has 0 aliphatic carbocycles. The Morgan fingerprint density at radius 3 is 2.73 bits per heavy atom. The van der Waals surface area contributed by atoms with Crippen molar-refractivity contribution in [3.8, 4) is 12.3 Å². The van der Waals surface area contributed by atoms with Crippen molar-refractivity contribution in [2.24, 2.45) is 10.6 Å². The Balaban J connectivity index is 1.42. The number of aliphatic carboxylic acids is 2. The van der Waals surface area contributed by atoms with Gasteiger partial charge in [-0.2, -0.15) is 13.2 Å². The maximum atomic E-state index is 13.1. The molecule has 3 amide bonds. The van der Waals surface area contributed by atoms with Crippen molar-refractivity contribution < 1.29 is 52.2 Å². The van der Waals surface area contributed by atoms with Gasteiger partial charge in [0.15, 0.2) is 17.5 Å². The first-order valence-electron chi connectivity index (χ1n) is 12.3. The summed E-state index contributed by atoms with van der Waals surface area (Å²) < 4.78 is 39.0. The summed E-state index contributed by atoms with van der Waals surface area (Å²) in [6.07, 6.45) is -0.320. The van der Waals surface area contributed by atoms with Crippen LogP contribution in [0, 0.1) is 17.8 Å². The van der Waals surface area contributed by atoms with Crippen LogP contribution in [0.5, 0.6) is 0 Å². The van der Waals surface area contributed by atoms with Crippen LogP contribution in [0.2, 0.25) is 0 Å². The van der Waals surface area contributed by atoms with Gasteiger partial charge in [0, 0.05) is 23.4 Å². The fourth-order valence-electron chi connectivity index (χ4n) is 3.91. The van der Waals surface area contributed by atoms with Gasteiger partial charge in [0.05, 0.1) is 13.0 Å². The molecule has 2 unspecified atom stereocenters. The second kappa shape index (κ2) is 13.7. The molecule has 2 fully saturated rings. The molecule has 240 valence electrons. The highest BCUT2D eigenvalue weighted by atomic mass is 32.2. The minimum atomic E-state index is -5.18. The number of nitrogens with one attached hydrogen (secondary N) is 2. The minimum absolute atomic E-state index is 0.0212. The summed E-state index contributed by atoms with van der Waals surface area (Å²) in [5.74, 6) is -4.08. The first-order chi connectivity index (χ1) is 21.3. The van der Waals surface area contributed by atoms with Gasteiger partial charge in [-0.25, -0.2) is 9.67 Å². The zero-order valence-corrected chi connectivity index (χ0v) is 24.8. The van der Waals surface area contributed by atoms with Gasteiger partial charge in [0.1, 0.15) is 22.5 Å². The van der Waals surface area contributed by atoms with Gasteiger partial charge in [-0.05, 0) is 10.4 Å². The Labute approximate surface area is 262 Å². The predicted molar refractivity (Wildman–Crippen MR) is 149 cm³/mol. The molecule has 0 spiro atoms. The summed E-state index contributed by atoms with van der Waals surface area (Å²) >= 11 is 2.66. The van der Waals surface area contributed by atoms with E-state index < -0.39 is 63.5 Å². The summed E-state index contributed by atoms with van der Waals surface area (Å²) in [6.45, 7) is -0.624. The van der Waals surface area contributed by atoms with Crippen LogP contribution in [0.25, 0.3) is 0 Å². The number of terminal acetylenes is 1. The van der Waals surface area contributed by atoms with Gasteiger partial charge in [-0.1, -0.05) is 22.8 Å². The van der Waals surface area contributed by atoms with Crippen LogP contribution < -0.4 is 10.6 Å². The topological polar surface area (TPSA) is 231 Å². The van der Waals surface area contributed by atoms with E-state index in [9.17, 15) is 42.3 Å². The van der Waals surface area contributed by atoms with E-state index in [1.807, 2.05) is 0 Å². The molecule has 0 radical (unpaired) electrons. The molecular formula is C22H20F3N9O8S3. The number of amides is 3. The van der Waals surface area contributed by atoms with E-state index >= 15 is 0 Å². The molecule has 17 nitrogen and oxygen atoms in total. The standard InChI is InChI=1S/C22H20F3N9O8S3/c1-2-5-42-30-12(10-6-43-19(26-10)28-17(39)22(23,24)25)14(37)27-13-15(38)33-7-21(18(40)41,8-44-16(13)33)9-45-20-29-31-32-34(20)4-3-11(35)36/h1,6,13,16H,3-5,7-9H2,(H,27,37)(H,35,36)(H,40,41)(H,26,28,39)/t13?,16-,21?/m1/s1. The second-order valence-corrected chi connectivity index (χ2v) is 12.1. The number of carboxylic acid groups (broad SMARTS) is 2. The number of hydrogen-bond donors (Lipinski definition) is 4. The Hall–Kier alpha value is -4.43. The third-order valence-electron chi connectivity index (χ3n) is 6.14. The molecular weight excluding hydrogens is 671 g/mol. The van der Waals surface area contributed by atoms with E-state index in [0.29, 0.717) is 11.3 Å². The molecule has 3 atom stereocenters. The number of thioether (sulfide) groups is 2. The van der Waals surface area contributed by atoms with Crippen LogP contribution in [-0.4, -0.2) is 118 Å². The van der Waals surface area contributed by atoms with Crippen molar-refractivity contribution >= 4 is 75.4 Å². The van der Waals surface area contributed by atoms with E-state index in [1.165, 1.54) is 9.58 Å². The Morgan fingerprint density at radius 2 is 2.07 bits per heavy atom. The van der Waals surface area contributed by atoms with Crippen LogP contribution in [0.4, 0.5) is 18.3 Å². The lowest BCUT2D eigenvalue weighted by Crippen LogP contribution is -2.74. The third-order valence-corrected chi connectivity index (χ3v) is 9.74. The van der Waals surface area contributed by atoms with E-state index in [4.69, 9.17) is 16.4 Å². The number of alkyl halides is 3. The zero-order chi connectivity index (χ0) is 32.9. The van der Waals surface area contributed by atoms with E-state index in [0.717, 1.165) is 28.9 Å². The predicted octanol–water partition coefficient (Wildman–Crippen LogP) is -0.278. The number of halogens is 3. The summed E-state index contributed by atoms with van der Waals surface area (Å²) in [6, 6.07) is -1.12. The van der Waals surface area contributed by atoms with E-state index in [-0.39, 0.29) is 48.5 Å². The largest absolute Gasteiger partial charge is 0.481 e. The molecule has 0 saturated carbocycles. The Bertz CT molecular complexity index is 1580. The number of thiazole rings is 1. The van der Waals surface area contributed by atoms with Crippen LogP contribution in [0.15, 0.2) is 15.7 Å². The monoisotopic (exact) mass is 691 g/mol. The molecule has 4 rings (SSSR count). The van der Waals surface area contributed by atoms with Gasteiger partial charge in [0.25, 0.3) is 5.91 Å². The molecule has 4 N–H and O–H groups in total. The highest BCUT2D eigenvalue weighted by Gasteiger charge is 2.57. The average Bonchev–Trinajstić information content (AvgIpc) is 3.64. The fourth-order valence-corrected chi connectivity index (χ4v) is 7.36. The normalized spacial score (nSPS) is 21.2. The van der Waals surface area contributed by atoms with Gasteiger partial charge in [-0.3, -0.25) is 29.3 Å². The van der Waals surface area contributed by atoms with E-state index in [1.54, 1.807) is 5.32 Å². The molecule has 2 saturated heterocycles. The molecule has 23 heteroatoms. The number of carbonyl (C=O) groups is 5. The molecule has 2 aromatic heterocycles. The molecule has 4 heterocycles. The number of tetrazole rings is 1. The lowest BCUT2D eigenvalue weighted by atomic mass is 9.89. The summed E-state index contributed by atoms with van der Waals surface area (Å²) in [5, 5.41) is 37.8. The number of fused-ring (bicyclic) bond motifs is 1. The molecule has 45 heavy (non-hydrogen) atoms. The number of hydrogen-bond acceptors (Lipinski definition) is 14. The molecule has 2 aliphatic heterocycles. The van der Waals surface area contributed by atoms with Crippen LogP contribution in [0.3, 0.4) is 0 Å². The van der Waals surface area contributed by atoms with Crippen LogP contribution >= 0.6 is 34.9 Å².